The molecule has 3 rings (SSSR count). The van der Waals surface area contributed by atoms with Crippen molar-refractivity contribution in [2.24, 2.45) is 7.05 Å². The molecule has 2 N–H and O–H groups in total. The average Bonchev–Trinajstić information content (AvgIpc) is 3.07. The van der Waals surface area contributed by atoms with Crippen LogP contribution in [0, 0.1) is 6.92 Å². The number of benzene rings is 2. The third-order valence-electron chi connectivity index (χ3n) is 4.35. The lowest BCUT2D eigenvalue weighted by Crippen LogP contribution is -2.17. The third kappa shape index (κ3) is 5.99. The van der Waals surface area contributed by atoms with Gasteiger partial charge in [0.25, 0.3) is 0 Å². The van der Waals surface area contributed by atoms with Crippen LogP contribution < -0.4 is 15.4 Å². The van der Waals surface area contributed by atoms with Gasteiger partial charge in [-0.15, -0.1) is 10.2 Å². The SMILES string of the molecule is COc1ccc(C)cc1NC(=O)CSc1nnc(CC(=O)Nc2ccccc2Cl)n1C. The van der Waals surface area contributed by atoms with Crippen molar-refractivity contribution in [2.45, 2.75) is 18.5 Å². The first-order valence-corrected chi connectivity index (χ1v) is 10.7. The number of carbonyl (C=O) groups is 2. The number of nitrogens with one attached hydrogen (secondary N) is 2. The van der Waals surface area contributed by atoms with Crippen LogP contribution in [-0.4, -0.2) is 39.4 Å². The maximum atomic E-state index is 12.4. The predicted molar refractivity (Wildman–Crippen MR) is 122 cm³/mol. The quantitative estimate of drug-likeness (QED) is 0.498. The first kappa shape index (κ1) is 22.6. The summed E-state index contributed by atoms with van der Waals surface area (Å²) < 4.78 is 6.97. The highest BCUT2D eigenvalue weighted by molar-refractivity contribution is 7.99. The number of hydrogen-bond donors (Lipinski definition) is 2. The number of anilines is 2. The summed E-state index contributed by atoms with van der Waals surface area (Å²) in [6.07, 6.45) is 0.0297. The summed E-state index contributed by atoms with van der Waals surface area (Å²) in [6.45, 7) is 1.94. The van der Waals surface area contributed by atoms with E-state index in [9.17, 15) is 9.59 Å². The number of aryl methyl sites for hydroxylation is 1. The molecule has 1 heterocycles. The molecule has 0 radical (unpaired) electrons. The van der Waals surface area contributed by atoms with E-state index in [-0.39, 0.29) is 24.0 Å². The maximum absolute atomic E-state index is 12.4. The first-order chi connectivity index (χ1) is 14.9. The van der Waals surface area contributed by atoms with Crippen LogP contribution in [0.1, 0.15) is 11.4 Å². The molecule has 1 aromatic heterocycles. The number of halogens is 1. The van der Waals surface area contributed by atoms with Crippen molar-refractivity contribution in [1.29, 1.82) is 0 Å². The van der Waals surface area contributed by atoms with Crippen molar-refractivity contribution in [3.05, 3.63) is 58.9 Å². The second-order valence-electron chi connectivity index (χ2n) is 6.70. The van der Waals surface area contributed by atoms with Crippen LogP contribution in [0.4, 0.5) is 11.4 Å². The smallest absolute Gasteiger partial charge is 0.234 e. The van der Waals surface area contributed by atoms with E-state index in [2.05, 4.69) is 20.8 Å². The molecule has 0 spiro atoms. The van der Waals surface area contributed by atoms with E-state index in [1.807, 2.05) is 19.1 Å². The van der Waals surface area contributed by atoms with Gasteiger partial charge in [0.1, 0.15) is 11.6 Å². The van der Waals surface area contributed by atoms with Gasteiger partial charge in [-0.1, -0.05) is 41.6 Å². The molecular formula is C21H22ClN5O3S. The topological polar surface area (TPSA) is 98.1 Å². The van der Waals surface area contributed by atoms with Gasteiger partial charge in [0.05, 0.1) is 35.7 Å². The molecule has 0 aliphatic heterocycles. The molecule has 2 aromatic carbocycles. The highest BCUT2D eigenvalue weighted by atomic mass is 35.5. The third-order valence-corrected chi connectivity index (χ3v) is 5.70. The Morgan fingerprint density at radius 3 is 2.58 bits per heavy atom. The summed E-state index contributed by atoms with van der Waals surface area (Å²) in [4.78, 5) is 24.7. The van der Waals surface area contributed by atoms with Gasteiger partial charge < -0.3 is 19.9 Å². The molecule has 0 unspecified atom stereocenters. The number of carbonyl (C=O) groups excluding carboxylic acids is 2. The van der Waals surface area contributed by atoms with Crippen LogP contribution in [0.3, 0.4) is 0 Å². The van der Waals surface area contributed by atoms with Gasteiger partial charge in [0, 0.05) is 7.05 Å². The van der Waals surface area contributed by atoms with Crippen molar-refractivity contribution < 1.29 is 14.3 Å². The van der Waals surface area contributed by atoms with Crippen LogP contribution in [-0.2, 0) is 23.1 Å². The fourth-order valence-electron chi connectivity index (χ4n) is 2.76. The fraction of sp³-hybridized carbons (Fsp3) is 0.238. The van der Waals surface area contributed by atoms with Gasteiger partial charge in [-0.3, -0.25) is 9.59 Å². The average molecular weight is 460 g/mol. The number of ether oxygens (including phenoxy) is 1. The standard InChI is InChI=1S/C21H22ClN5O3S/c1-13-8-9-17(30-3)16(10-13)24-20(29)12-31-21-26-25-18(27(21)2)11-19(28)23-15-7-5-4-6-14(15)22/h4-10H,11-12H2,1-3H3,(H,23,28)(H,24,29). The molecule has 0 saturated carbocycles. The van der Waals surface area contributed by atoms with Crippen LogP contribution >= 0.6 is 23.4 Å². The number of hydrogen-bond acceptors (Lipinski definition) is 6. The lowest BCUT2D eigenvalue weighted by Gasteiger charge is -2.11. The molecule has 3 aromatic rings. The van der Waals surface area contributed by atoms with Gasteiger partial charge in [-0.25, -0.2) is 0 Å². The number of aromatic nitrogens is 3. The molecule has 2 amide bonds. The zero-order valence-electron chi connectivity index (χ0n) is 17.3. The van der Waals surface area contributed by atoms with Crippen LogP contribution in [0.5, 0.6) is 5.75 Å². The molecule has 162 valence electrons. The zero-order valence-corrected chi connectivity index (χ0v) is 18.9. The highest BCUT2D eigenvalue weighted by Gasteiger charge is 2.16. The number of para-hydroxylation sites is 1. The Bertz CT molecular complexity index is 1100. The minimum Gasteiger partial charge on any atom is -0.495 e. The Labute approximate surface area is 189 Å². The number of thioether (sulfide) groups is 1. The monoisotopic (exact) mass is 459 g/mol. The minimum atomic E-state index is -0.260. The molecule has 0 aliphatic rings. The van der Waals surface area contributed by atoms with Gasteiger partial charge in [0.15, 0.2) is 5.16 Å². The Hall–Kier alpha value is -3.04. The number of nitrogens with zero attached hydrogens (tertiary/aromatic N) is 3. The van der Waals surface area contributed by atoms with Gasteiger partial charge in [0.2, 0.25) is 11.8 Å². The van der Waals surface area contributed by atoms with E-state index >= 15 is 0 Å². The molecule has 0 aliphatic carbocycles. The van der Waals surface area contributed by atoms with E-state index in [0.29, 0.717) is 33.1 Å². The lowest BCUT2D eigenvalue weighted by atomic mass is 10.2. The molecule has 31 heavy (non-hydrogen) atoms. The van der Waals surface area contributed by atoms with Crippen molar-refractivity contribution in [2.75, 3.05) is 23.5 Å². The second-order valence-corrected chi connectivity index (χ2v) is 8.05. The summed E-state index contributed by atoms with van der Waals surface area (Å²) in [6, 6.07) is 12.6. The molecular weight excluding hydrogens is 438 g/mol. The molecule has 0 atom stereocenters. The number of amides is 2. The summed E-state index contributed by atoms with van der Waals surface area (Å²) >= 11 is 7.30. The van der Waals surface area contributed by atoms with Gasteiger partial charge >= 0.3 is 0 Å². The van der Waals surface area contributed by atoms with E-state index in [1.165, 1.54) is 11.8 Å². The second kappa shape index (κ2) is 10.3. The fourth-order valence-corrected chi connectivity index (χ4v) is 3.67. The Morgan fingerprint density at radius 2 is 1.84 bits per heavy atom. The molecule has 0 bridgehead atoms. The highest BCUT2D eigenvalue weighted by Crippen LogP contribution is 2.26. The van der Waals surface area contributed by atoms with Crippen LogP contribution in [0.15, 0.2) is 47.6 Å². The largest absolute Gasteiger partial charge is 0.495 e. The Balaban J connectivity index is 1.57. The molecule has 0 fully saturated rings. The van der Waals surface area contributed by atoms with E-state index < -0.39 is 0 Å². The zero-order chi connectivity index (χ0) is 22.4. The van der Waals surface area contributed by atoms with Crippen molar-refractivity contribution in [3.63, 3.8) is 0 Å². The number of rotatable bonds is 8. The van der Waals surface area contributed by atoms with Crippen LogP contribution in [0.2, 0.25) is 5.02 Å². The van der Waals surface area contributed by atoms with Crippen molar-refractivity contribution in [3.8, 4) is 5.75 Å². The maximum Gasteiger partial charge on any atom is 0.234 e. The van der Waals surface area contributed by atoms with E-state index in [1.54, 1.807) is 49.1 Å². The molecule has 10 heteroatoms. The van der Waals surface area contributed by atoms with E-state index in [4.69, 9.17) is 16.3 Å². The normalized spacial score (nSPS) is 10.6. The Morgan fingerprint density at radius 1 is 1.10 bits per heavy atom. The minimum absolute atomic E-state index is 0.0297. The summed E-state index contributed by atoms with van der Waals surface area (Å²) in [5, 5.41) is 14.7. The predicted octanol–water partition coefficient (Wildman–Crippen LogP) is 3.70. The Kier molecular flexibility index (Phi) is 7.54. The van der Waals surface area contributed by atoms with Gasteiger partial charge in [-0.05, 0) is 36.8 Å². The molecule has 8 nitrogen and oxygen atoms in total. The first-order valence-electron chi connectivity index (χ1n) is 9.37. The van der Waals surface area contributed by atoms with Crippen LogP contribution in [0.25, 0.3) is 0 Å². The molecule has 0 saturated heterocycles. The van der Waals surface area contributed by atoms with Crippen molar-refractivity contribution >= 4 is 46.6 Å². The summed E-state index contributed by atoms with van der Waals surface area (Å²) in [5.41, 5.74) is 2.16. The summed E-state index contributed by atoms with van der Waals surface area (Å²) in [5.74, 6) is 0.746. The van der Waals surface area contributed by atoms with Crippen molar-refractivity contribution in [1.82, 2.24) is 14.8 Å². The number of methoxy groups -OCH3 is 1. The lowest BCUT2D eigenvalue weighted by molar-refractivity contribution is -0.116. The summed E-state index contributed by atoms with van der Waals surface area (Å²) in [7, 11) is 3.31. The van der Waals surface area contributed by atoms with Gasteiger partial charge in [-0.2, -0.15) is 0 Å². The van der Waals surface area contributed by atoms with E-state index in [0.717, 1.165) is 5.56 Å².